The van der Waals surface area contributed by atoms with Crippen LogP contribution >= 0.6 is 0 Å². The molecule has 7 heteroatoms. The first-order chi connectivity index (χ1) is 11.0. The van der Waals surface area contributed by atoms with E-state index in [1.807, 2.05) is 11.9 Å². The molecule has 1 aromatic carbocycles. The van der Waals surface area contributed by atoms with E-state index in [0.29, 0.717) is 5.56 Å². The van der Waals surface area contributed by atoms with Gasteiger partial charge in [0.05, 0.1) is 12.5 Å². The van der Waals surface area contributed by atoms with E-state index < -0.39 is 11.6 Å². The van der Waals surface area contributed by atoms with Crippen LogP contribution in [0.15, 0.2) is 30.5 Å². The third-order valence-corrected chi connectivity index (χ3v) is 4.19. The van der Waals surface area contributed by atoms with Gasteiger partial charge in [-0.25, -0.2) is 8.78 Å². The fraction of sp³-hybridized carbons (Fsp3) is 0.375. The average molecular weight is 320 g/mol. The van der Waals surface area contributed by atoms with Gasteiger partial charge in [0.2, 0.25) is 5.91 Å². The molecule has 0 radical (unpaired) electrons. The molecule has 1 aliphatic heterocycles. The molecule has 2 N–H and O–H groups in total. The van der Waals surface area contributed by atoms with Crippen LogP contribution in [-0.4, -0.2) is 40.6 Å². The van der Waals surface area contributed by atoms with Gasteiger partial charge >= 0.3 is 0 Å². The summed E-state index contributed by atoms with van der Waals surface area (Å²) >= 11 is 0. The molecular weight excluding hydrogens is 302 g/mol. The Balaban J connectivity index is 1.73. The van der Waals surface area contributed by atoms with Gasteiger partial charge in [-0.3, -0.25) is 14.8 Å². The van der Waals surface area contributed by atoms with E-state index in [-0.39, 0.29) is 24.4 Å². The lowest BCUT2D eigenvalue weighted by Gasteiger charge is -2.26. The number of aromatic nitrogens is 2. The molecule has 2 heterocycles. The molecule has 122 valence electrons. The fourth-order valence-corrected chi connectivity index (χ4v) is 3.10. The van der Waals surface area contributed by atoms with Crippen molar-refractivity contribution >= 4 is 5.91 Å². The van der Waals surface area contributed by atoms with Gasteiger partial charge in [-0.15, -0.1) is 0 Å². The van der Waals surface area contributed by atoms with Crippen molar-refractivity contribution in [3.8, 4) is 0 Å². The van der Waals surface area contributed by atoms with Crippen LogP contribution in [0.25, 0.3) is 0 Å². The molecule has 3 rings (SSSR count). The average Bonchev–Trinajstić information content (AvgIpc) is 3.12. The highest BCUT2D eigenvalue weighted by molar-refractivity contribution is 5.78. The minimum Gasteiger partial charge on any atom is -0.351 e. The standard InChI is InChI=1S/C16H18F2N4O/c1-22-7-5-14(20-15(23)9-11-4-6-19-21-11)16(22)10-2-3-12(17)13(18)8-10/h2-4,6,8,14,16H,5,7,9H2,1H3,(H,19,21)(H,20,23)/t14-,16+/m0/s1. The van der Waals surface area contributed by atoms with Crippen LogP contribution in [0.3, 0.4) is 0 Å². The smallest absolute Gasteiger partial charge is 0.226 e. The van der Waals surface area contributed by atoms with E-state index in [2.05, 4.69) is 15.5 Å². The topological polar surface area (TPSA) is 61.0 Å². The van der Waals surface area contributed by atoms with Crippen molar-refractivity contribution in [1.82, 2.24) is 20.4 Å². The maximum atomic E-state index is 13.5. The summed E-state index contributed by atoms with van der Waals surface area (Å²) in [6, 6.07) is 5.33. The molecule has 0 unspecified atom stereocenters. The zero-order valence-electron chi connectivity index (χ0n) is 12.7. The summed E-state index contributed by atoms with van der Waals surface area (Å²) in [5.74, 6) is -1.86. The minimum atomic E-state index is -0.870. The Bertz CT molecular complexity index is 689. The Morgan fingerprint density at radius 3 is 2.91 bits per heavy atom. The van der Waals surface area contributed by atoms with Crippen LogP contribution in [-0.2, 0) is 11.2 Å². The number of halogens is 2. The Kier molecular flexibility index (Phi) is 4.38. The molecule has 0 saturated carbocycles. The molecule has 1 aromatic heterocycles. The number of hydrogen-bond donors (Lipinski definition) is 2. The summed E-state index contributed by atoms with van der Waals surface area (Å²) in [7, 11) is 1.91. The Morgan fingerprint density at radius 2 is 2.22 bits per heavy atom. The monoisotopic (exact) mass is 320 g/mol. The van der Waals surface area contributed by atoms with Crippen molar-refractivity contribution in [1.29, 1.82) is 0 Å². The zero-order valence-corrected chi connectivity index (χ0v) is 12.7. The molecule has 2 aromatic rings. The summed E-state index contributed by atoms with van der Waals surface area (Å²) in [6.45, 7) is 0.776. The first-order valence-electron chi connectivity index (χ1n) is 7.47. The van der Waals surface area contributed by atoms with Crippen LogP contribution < -0.4 is 5.32 Å². The first kappa shape index (κ1) is 15.6. The van der Waals surface area contributed by atoms with Crippen LogP contribution in [0.5, 0.6) is 0 Å². The van der Waals surface area contributed by atoms with Crippen molar-refractivity contribution in [3.63, 3.8) is 0 Å². The molecule has 1 amide bonds. The van der Waals surface area contributed by atoms with Crippen LogP contribution in [0.1, 0.15) is 23.7 Å². The summed E-state index contributed by atoms with van der Waals surface area (Å²) < 4.78 is 26.6. The fourth-order valence-electron chi connectivity index (χ4n) is 3.10. The van der Waals surface area contributed by atoms with Crippen molar-refractivity contribution < 1.29 is 13.6 Å². The summed E-state index contributed by atoms with van der Waals surface area (Å²) in [5, 5.41) is 9.54. The zero-order chi connectivity index (χ0) is 16.4. The second-order valence-electron chi connectivity index (χ2n) is 5.82. The van der Waals surface area contributed by atoms with E-state index in [1.165, 1.54) is 6.07 Å². The number of carbonyl (C=O) groups excluding carboxylic acids is 1. The van der Waals surface area contributed by atoms with E-state index in [0.717, 1.165) is 24.7 Å². The van der Waals surface area contributed by atoms with Crippen LogP contribution in [0.2, 0.25) is 0 Å². The minimum absolute atomic E-state index is 0.123. The number of rotatable bonds is 4. The van der Waals surface area contributed by atoms with Crippen molar-refractivity contribution in [2.75, 3.05) is 13.6 Å². The SMILES string of the molecule is CN1CC[C@H](NC(=O)Cc2ccn[nH]2)[C@H]1c1ccc(F)c(F)c1. The second kappa shape index (κ2) is 6.45. The summed E-state index contributed by atoms with van der Waals surface area (Å²) in [6.07, 6.45) is 2.57. The lowest BCUT2D eigenvalue weighted by Crippen LogP contribution is -2.39. The molecule has 2 atom stereocenters. The number of benzene rings is 1. The number of amides is 1. The van der Waals surface area contributed by atoms with Gasteiger partial charge in [0.15, 0.2) is 11.6 Å². The second-order valence-corrected chi connectivity index (χ2v) is 5.82. The molecule has 23 heavy (non-hydrogen) atoms. The lowest BCUT2D eigenvalue weighted by molar-refractivity contribution is -0.121. The highest BCUT2D eigenvalue weighted by Gasteiger charge is 2.34. The molecule has 5 nitrogen and oxygen atoms in total. The summed E-state index contributed by atoms with van der Waals surface area (Å²) in [4.78, 5) is 14.2. The number of likely N-dealkylation sites (tertiary alicyclic amines) is 1. The number of hydrogen-bond acceptors (Lipinski definition) is 3. The Hall–Kier alpha value is -2.28. The van der Waals surface area contributed by atoms with E-state index in [4.69, 9.17) is 0 Å². The molecule has 0 aliphatic carbocycles. The number of carbonyl (C=O) groups is 1. The van der Waals surface area contributed by atoms with Crippen LogP contribution in [0, 0.1) is 11.6 Å². The number of nitrogens with zero attached hydrogens (tertiary/aromatic N) is 2. The highest BCUT2D eigenvalue weighted by atomic mass is 19.2. The molecule has 1 saturated heterocycles. The highest BCUT2D eigenvalue weighted by Crippen LogP contribution is 2.31. The van der Waals surface area contributed by atoms with Crippen molar-refractivity contribution in [2.45, 2.75) is 24.9 Å². The normalized spacial score (nSPS) is 21.5. The predicted octanol–water partition coefficient (Wildman–Crippen LogP) is 1.79. The molecule has 0 bridgehead atoms. The maximum absolute atomic E-state index is 13.5. The number of aromatic amines is 1. The lowest BCUT2D eigenvalue weighted by atomic mass is 9.99. The van der Waals surface area contributed by atoms with Crippen molar-refractivity contribution in [2.24, 2.45) is 0 Å². The predicted molar refractivity (Wildman–Crippen MR) is 80.6 cm³/mol. The third-order valence-electron chi connectivity index (χ3n) is 4.19. The van der Waals surface area contributed by atoms with Crippen LogP contribution in [0.4, 0.5) is 8.78 Å². The maximum Gasteiger partial charge on any atom is 0.226 e. The number of nitrogens with one attached hydrogen (secondary N) is 2. The molecule has 1 fully saturated rings. The van der Waals surface area contributed by atoms with E-state index in [1.54, 1.807) is 18.3 Å². The Morgan fingerprint density at radius 1 is 1.39 bits per heavy atom. The van der Waals surface area contributed by atoms with Gasteiger partial charge in [0, 0.05) is 24.5 Å². The molecule has 0 spiro atoms. The van der Waals surface area contributed by atoms with Gasteiger partial charge in [-0.05, 0) is 37.2 Å². The van der Waals surface area contributed by atoms with Gasteiger partial charge < -0.3 is 5.32 Å². The number of likely N-dealkylation sites (N-methyl/N-ethyl adjacent to an activating group) is 1. The molecule has 1 aliphatic rings. The Labute approximate surface area is 132 Å². The van der Waals surface area contributed by atoms with E-state index >= 15 is 0 Å². The van der Waals surface area contributed by atoms with Gasteiger partial charge in [-0.2, -0.15) is 5.10 Å². The van der Waals surface area contributed by atoms with E-state index in [9.17, 15) is 13.6 Å². The molecular formula is C16H18F2N4O. The van der Waals surface area contributed by atoms with Crippen molar-refractivity contribution in [3.05, 3.63) is 53.4 Å². The summed E-state index contributed by atoms with van der Waals surface area (Å²) in [5.41, 5.74) is 1.40. The van der Waals surface area contributed by atoms with Gasteiger partial charge in [-0.1, -0.05) is 6.07 Å². The first-order valence-corrected chi connectivity index (χ1v) is 7.47. The van der Waals surface area contributed by atoms with Gasteiger partial charge in [0.1, 0.15) is 0 Å². The largest absolute Gasteiger partial charge is 0.351 e. The van der Waals surface area contributed by atoms with Gasteiger partial charge in [0.25, 0.3) is 0 Å². The number of H-pyrrole nitrogens is 1. The quantitative estimate of drug-likeness (QED) is 0.903. The third kappa shape index (κ3) is 3.39.